The highest BCUT2D eigenvalue weighted by Crippen LogP contribution is 2.33. The first-order chi connectivity index (χ1) is 15.9. The molecule has 0 spiro atoms. The van der Waals surface area contributed by atoms with Crippen molar-refractivity contribution >= 4 is 29.2 Å². The zero-order valence-corrected chi connectivity index (χ0v) is 18.5. The van der Waals surface area contributed by atoms with Crippen LogP contribution in [0.3, 0.4) is 0 Å². The van der Waals surface area contributed by atoms with Crippen LogP contribution >= 0.6 is 11.6 Å². The highest BCUT2D eigenvalue weighted by molar-refractivity contribution is 6.30. The van der Waals surface area contributed by atoms with Gasteiger partial charge in [-0.1, -0.05) is 18.2 Å². The number of hydrogen-bond acceptors (Lipinski definition) is 6. The molecule has 1 aliphatic heterocycles. The molecule has 9 nitrogen and oxygen atoms in total. The Kier molecular flexibility index (Phi) is 6.32. The van der Waals surface area contributed by atoms with Crippen molar-refractivity contribution in [3.63, 3.8) is 0 Å². The summed E-state index contributed by atoms with van der Waals surface area (Å²) in [5.41, 5.74) is 13.1. The maximum absolute atomic E-state index is 12.2. The second kappa shape index (κ2) is 9.33. The van der Waals surface area contributed by atoms with Crippen molar-refractivity contribution in [2.45, 2.75) is 18.9 Å². The van der Waals surface area contributed by atoms with Crippen LogP contribution in [0.4, 0.5) is 5.82 Å². The van der Waals surface area contributed by atoms with Gasteiger partial charge in [0.15, 0.2) is 0 Å². The lowest BCUT2D eigenvalue weighted by Crippen LogP contribution is -2.40. The number of anilines is 1. The molecule has 1 fully saturated rings. The minimum Gasteiger partial charge on any atom is -0.439 e. The number of benzene rings is 1. The molecule has 0 unspecified atom stereocenters. The lowest BCUT2D eigenvalue weighted by atomic mass is 10.1. The molecule has 3 heterocycles. The minimum atomic E-state index is -0.672. The molecule has 0 bridgehead atoms. The zero-order chi connectivity index (χ0) is 23.5. The van der Waals surface area contributed by atoms with Crippen LogP contribution in [0.1, 0.15) is 29.2 Å². The maximum atomic E-state index is 12.2. The van der Waals surface area contributed by atoms with Crippen LogP contribution in [0.25, 0.3) is 11.3 Å². The van der Waals surface area contributed by atoms with Crippen molar-refractivity contribution in [3.8, 4) is 22.9 Å². The molecule has 1 atom stereocenters. The molecule has 170 valence electrons. The molecule has 0 radical (unpaired) electrons. The summed E-state index contributed by atoms with van der Waals surface area (Å²) in [5, 5.41) is 5.14. The SMILES string of the molecule is C=CC(=O)N1CCC[C@@H](n2nc(-c3ccc(Oc4ccc(Cl)cn4)cc3)c(C(N)=O)c2N)C1. The molecule has 0 saturated carbocycles. The summed E-state index contributed by atoms with van der Waals surface area (Å²) in [4.78, 5) is 30.1. The van der Waals surface area contributed by atoms with Crippen molar-refractivity contribution in [2.75, 3.05) is 18.8 Å². The van der Waals surface area contributed by atoms with Gasteiger partial charge in [0.25, 0.3) is 5.91 Å². The first kappa shape index (κ1) is 22.3. The van der Waals surface area contributed by atoms with Crippen LogP contribution in [0, 0.1) is 0 Å². The Morgan fingerprint density at radius 3 is 2.61 bits per heavy atom. The molecule has 10 heteroatoms. The molecule has 2 amide bonds. The van der Waals surface area contributed by atoms with E-state index < -0.39 is 5.91 Å². The molecule has 1 aromatic carbocycles. The van der Waals surface area contributed by atoms with Gasteiger partial charge in [0, 0.05) is 30.9 Å². The number of primary amides is 1. The number of hydrogen-bond donors (Lipinski definition) is 2. The number of carbonyl (C=O) groups is 2. The van der Waals surface area contributed by atoms with Gasteiger partial charge in [-0.05, 0) is 49.2 Å². The van der Waals surface area contributed by atoms with E-state index in [1.165, 1.54) is 12.3 Å². The number of nitrogen functional groups attached to an aromatic ring is 1. The summed E-state index contributed by atoms with van der Waals surface area (Å²) in [6, 6.07) is 10.2. The van der Waals surface area contributed by atoms with Crippen LogP contribution in [0.2, 0.25) is 5.02 Å². The molecular weight excluding hydrogens is 444 g/mol. The maximum Gasteiger partial charge on any atom is 0.254 e. The van der Waals surface area contributed by atoms with Crippen LogP contribution < -0.4 is 16.2 Å². The number of nitrogens with two attached hydrogens (primary N) is 2. The van der Waals surface area contributed by atoms with Gasteiger partial charge in [-0.2, -0.15) is 5.10 Å². The molecule has 2 aromatic heterocycles. The Hall–Kier alpha value is -3.85. The number of rotatable bonds is 6. The van der Waals surface area contributed by atoms with E-state index in [-0.39, 0.29) is 23.3 Å². The molecule has 1 aliphatic rings. The van der Waals surface area contributed by atoms with E-state index in [0.717, 1.165) is 12.8 Å². The van der Waals surface area contributed by atoms with Crippen LogP contribution in [0.5, 0.6) is 11.6 Å². The minimum absolute atomic E-state index is 0.147. The van der Waals surface area contributed by atoms with E-state index in [2.05, 4.69) is 16.7 Å². The zero-order valence-electron chi connectivity index (χ0n) is 17.8. The number of amides is 2. The number of aromatic nitrogens is 3. The Bertz CT molecular complexity index is 1190. The fourth-order valence-electron chi connectivity index (χ4n) is 3.88. The van der Waals surface area contributed by atoms with E-state index in [4.69, 9.17) is 27.8 Å². The van der Waals surface area contributed by atoms with Crippen LogP contribution in [-0.4, -0.2) is 44.6 Å². The van der Waals surface area contributed by atoms with E-state index in [1.807, 2.05) is 0 Å². The average Bonchev–Trinajstić information content (AvgIpc) is 3.18. The summed E-state index contributed by atoms with van der Waals surface area (Å²) in [7, 11) is 0. The second-order valence-electron chi connectivity index (χ2n) is 7.64. The summed E-state index contributed by atoms with van der Waals surface area (Å²) in [5.74, 6) is 0.309. The molecule has 0 aliphatic carbocycles. The third kappa shape index (κ3) is 4.68. The van der Waals surface area contributed by atoms with Gasteiger partial charge in [0.05, 0.1) is 11.1 Å². The van der Waals surface area contributed by atoms with Crippen LogP contribution in [0.15, 0.2) is 55.3 Å². The number of nitrogens with zero attached hydrogens (tertiary/aromatic N) is 4. The van der Waals surface area contributed by atoms with Gasteiger partial charge in [-0.15, -0.1) is 0 Å². The first-order valence-electron chi connectivity index (χ1n) is 10.4. The standard InChI is InChI=1S/C23H23ClN6O3/c1-2-19(31)29-11-3-4-16(13-29)30-22(25)20(23(26)32)21(28-30)14-5-8-17(9-6-14)33-18-10-7-15(24)12-27-18/h2,5-10,12,16H,1,3-4,11,13,25H2,(H2,26,32)/t16-/m1/s1. The van der Waals surface area contributed by atoms with E-state index in [1.54, 1.807) is 46.0 Å². The molecule has 33 heavy (non-hydrogen) atoms. The largest absolute Gasteiger partial charge is 0.439 e. The van der Waals surface area contributed by atoms with Gasteiger partial charge in [-0.3, -0.25) is 9.59 Å². The summed E-state index contributed by atoms with van der Waals surface area (Å²) < 4.78 is 7.31. The predicted molar refractivity (Wildman–Crippen MR) is 125 cm³/mol. The van der Waals surface area contributed by atoms with Crippen LogP contribution in [-0.2, 0) is 4.79 Å². The van der Waals surface area contributed by atoms with Gasteiger partial charge in [-0.25, -0.2) is 9.67 Å². The fraction of sp³-hybridized carbons (Fsp3) is 0.217. The number of piperidine rings is 1. The highest BCUT2D eigenvalue weighted by atomic mass is 35.5. The Balaban J connectivity index is 1.62. The molecule has 4 N–H and O–H groups in total. The van der Waals surface area contributed by atoms with E-state index in [0.29, 0.717) is 41.0 Å². The van der Waals surface area contributed by atoms with Gasteiger partial charge in [0.2, 0.25) is 11.8 Å². The van der Waals surface area contributed by atoms with Crippen molar-refractivity contribution in [2.24, 2.45) is 5.73 Å². The Labute approximate surface area is 195 Å². The van der Waals surface area contributed by atoms with Gasteiger partial charge < -0.3 is 21.1 Å². The molecule has 1 saturated heterocycles. The number of likely N-dealkylation sites (tertiary alicyclic amines) is 1. The molecular formula is C23H23ClN6O3. The van der Waals surface area contributed by atoms with Gasteiger partial charge >= 0.3 is 0 Å². The van der Waals surface area contributed by atoms with E-state index >= 15 is 0 Å². The average molecular weight is 467 g/mol. The Morgan fingerprint density at radius 1 is 1.21 bits per heavy atom. The smallest absolute Gasteiger partial charge is 0.254 e. The monoisotopic (exact) mass is 466 g/mol. The third-order valence-corrected chi connectivity index (χ3v) is 5.70. The quantitative estimate of drug-likeness (QED) is 0.535. The topological polar surface area (TPSA) is 129 Å². The summed E-state index contributed by atoms with van der Waals surface area (Å²) in [6.07, 6.45) is 4.34. The second-order valence-corrected chi connectivity index (χ2v) is 8.08. The van der Waals surface area contributed by atoms with Gasteiger partial charge in [0.1, 0.15) is 22.8 Å². The number of halogens is 1. The number of carbonyl (C=O) groups excluding carboxylic acids is 2. The first-order valence-corrected chi connectivity index (χ1v) is 10.7. The third-order valence-electron chi connectivity index (χ3n) is 5.47. The lowest BCUT2D eigenvalue weighted by Gasteiger charge is -2.32. The predicted octanol–water partition coefficient (Wildman–Crippen LogP) is 3.42. The highest BCUT2D eigenvalue weighted by Gasteiger charge is 2.29. The van der Waals surface area contributed by atoms with Crippen molar-refractivity contribution < 1.29 is 14.3 Å². The van der Waals surface area contributed by atoms with Crippen molar-refractivity contribution in [1.82, 2.24) is 19.7 Å². The number of ether oxygens (including phenoxy) is 1. The lowest BCUT2D eigenvalue weighted by molar-refractivity contribution is -0.127. The molecule has 3 aromatic rings. The summed E-state index contributed by atoms with van der Waals surface area (Å²) >= 11 is 5.85. The van der Waals surface area contributed by atoms with Crippen molar-refractivity contribution in [3.05, 3.63) is 65.8 Å². The molecule has 4 rings (SSSR count). The normalized spacial score (nSPS) is 15.8. The Morgan fingerprint density at radius 2 is 1.97 bits per heavy atom. The number of pyridine rings is 1. The van der Waals surface area contributed by atoms with E-state index in [9.17, 15) is 9.59 Å². The fourth-order valence-corrected chi connectivity index (χ4v) is 3.99. The van der Waals surface area contributed by atoms with Crippen molar-refractivity contribution in [1.29, 1.82) is 0 Å². The summed E-state index contributed by atoms with van der Waals surface area (Å²) in [6.45, 7) is 4.62.